The molecule has 9 nitrogen and oxygen atoms in total. The number of carbonyl (C=O) groups excluding carboxylic acids is 1. The summed E-state index contributed by atoms with van der Waals surface area (Å²) >= 11 is 0. The number of methoxy groups -OCH3 is 1. The van der Waals surface area contributed by atoms with Crippen molar-refractivity contribution in [2.45, 2.75) is 26.6 Å². The first kappa shape index (κ1) is 21.4. The molecular weight excluding hydrogens is 424 g/mol. The third-order valence-corrected chi connectivity index (χ3v) is 6.18. The number of benzene rings is 1. The Morgan fingerprint density at radius 2 is 2.03 bits per heavy atom. The molecule has 2 aromatic heterocycles. The van der Waals surface area contributed by atoms with Crippen molar-refractivity contribution in [1.29, 1.82) is 0 Å². The minimum atomic E-state index is -0.269. The summed E-state index contributed by atoms with van der Waals surface area (Å²) in [4.78, 5) is 35.1. The lowest BCUT2D eigenvalue weighted by Crippen LogP contribution is -2.38. The van der Waals surface area contributed by atoms with Gasteiger partial charge in [-0.2, -0.15) is 0 Å². The van der Waals surface area contributed by atoms with E-state index in [1.54, 1.807) is 6.07 Å². The number of morpholine rings is 1. The Labute approximate surface area is 190 Å². The van der Waals surface area contributed by atoms with E-state index in [1.165, 1.54) is 13.2 Å². The summed E-state index contributed by atoms with van der Waals surface area (Å²) < 4.78 is 16.7. The second-order valence-electron chi connectivity index (χ2n) is 8.32. The Bertz CT molecular complexity index is 1300. The van der Waals surface area contributed by atoms with Crippen LogP contribution in [0.1, 0.15) is 40.2 Å². The van der Waals surface area contributed by atoms with Crippen LogP contribution in [0.25, 0.3) is 10.9 Å². The van der Waals surface area contributed by atoms with E-state index in [2.05, 4.69) is 15.2 Å². The molecular formula is C24H26N4O5. The number of aromatic nitrogens is 2. The van der Waals surface area contributed by atoms with Gasteiger partial charge in [0.1, 0.15) is 11.6 Å². The number of fused-ring (bicyclic) bond motifs is 2. The molecule has 1 amide bonds. The van der Waals surface area contributed by atoms with Crippen LogP contribution >= 0.6 is 0 Å². The van der Waals surface area contributed by atoms with E-state index in [0.717, 1.165) is 22.2 Å². The molecule has 1 saturated heterocycles. The Kier molecular flexibility index (Phi) is 5.51. The molecule has 9 heteroatoms. The maximum absolute atomic E-state index is 13.5. The second-order valence-corrected chi connectivity index (χ2v) is 8.32. The van der Waals surface area contributed by atoms with Crippen LogP contribution in [0.2, 0.25) is 0 Å². The first-order chi connectivity index (χ1) is 15.9. The fourth-order valence-corrected chi connectivity index (χ4v) is 4.42. The van der Waals surface area contributed by atoms with Gasteiger partial charge in [-0.3, -0.25) is 9.59 Å². The number of amides is 1. The van der Waals surface area contributed by atoms with Gasteiger partial charge in [-0.1, -0.05) is 0 Å². The highest BCUT2D eigenvalue weighted by Crippen LogP contribution is 2.34. The van der Waals surface area contributed by atoms with Crippen LogP contribution in [0.5, 0.6) is 5.75 Å². The molecule has 0 spiro atoms. The lowest BCUT2D eigenvalue weighted by atomic mass is 10.1. The standard InChI is InChI=1S/C24H26N4O5/c1-13-8-21(29)27-22-16(13)9-15(10-20(22)31-3)25-24(30)18-11-17-14(2)33-12-19(17)26-23(18)28-4-6-32-7-5-28/h8-11,14H,4-7,12H2,1-3H3,(H,25,30)(H,27,29)/t14-/m1/s1. The normalized spacial score (nSPS) is 17.8. The van der Waals surface area contributed by atoms with Crippen molar-refractivity contribution in [3.8, 4) is 5.75 Å². The summed E-state index contributed by atoms with van der Waals surface area (Å²) in [5.41, 5.74) is 4.05. The summed E-state index contributed by atoms with van der Waals surface area (Å²) in [7, 11) is 1.53. The lowest BCUT2D eigenvalue weighted by molar-refractivity contribution is 0.0786. The van der Waals surface area contributed by atoms with E-state index >= 15 is 0 Å². The summed E-state index contributed by atoms with van der Waals surface area (Å²) in [6, 6.07) is 6.95. The Balaban J connectivity index is 1.55. The van der Waals surface area contributed by atoms with Crippen molar-refractivity contribution in [2.75, 3.05) is 43.6 Å². The molecule has 0 unspecified atom stereocenters. The summed E-state index contributed by atoms with van der Waals surface area (Å²) in [5, 5.41) is 3.80. The number of pyridine rings is 2. The van der Waals surface area contributed by atoms with Gasteiger partial charge in [-0.25, -0.2) is 4.98 Å². The number of ether oxygens (including phenoxy) is 3. The van der Waals surface area contributed by atoms with Crippen molar-refractivity contribution in [1.82, 2.24) is 9.97 Å². The molecule has 33 heavy (non-hydrogen) atoms. The SMILES string of the molecule is COc1cc(NC(=O)c2cc3c(nc2N2CCOCC2)CO[C@@H]3C)cc2c(C)cc(=O)[nH]c12. The number of carbonyl (C=O) groups is 1. The number of aromatic amines is 1. The molecule has 0 bridgehead atoms. The highest BCUT2D eigenvalue weighted by Gasteiger charge is 2.28. The molecule has 3 aromatic rings. The van der Waals surface area contributed by atoms with Crippen molar-refractivity contribution < 1.29 is 19.0 Å². The molecule has 0 radical (unpaired) electrons. The second kappa shape index (κ2) is 8.49. The van der Waals surface area contributed by atoms with Gasteiger partial charge in [0, 0.05) is 41.9 Å². The van der Waals surface area contributed by atoms with Crippen LogP contribution in [-0.4, -0.2) is 49.3 Å². The van der Waals surface area contributed by atoms with Gasteiger partial charge < -0.3 is 29.4 Å². The predicted molar refractivity (Wildman–Crippen MR) is 124 cm³/mol. The molecule has 5 rings (SSSR count). The van der Waals surface area contributed by atoms with Crippen molar-refractivity contribution >= 4 is 28.3 Å². The van der Waals surface area contributed by atoms with Crippen LogP contribution in [0, 0.1) is 6.92 Å². The average molecular weight is 450 g/mol. The molecule has 1 aromatic carbocycles. The maximum atomic E-state index is 13.5. The van der Waals surface area contributed by atoms with Crippen LogP contribution in [0.3, 0.4) is 0 Å². The van der Waals surface area contributed by atoms with E-state index in [4.69, 9.17) is 19.2 Å². The van der Waals surface area contributed by atoms with Gasteiger partial charge in [0.15, 0.2) is 0 Å². The number of hydrogen-bond acceptors (Lipinski definition) is 7. The molecule has 2 N–H and O–H groups in total. The highest BCUT2D eigenvalue weighted by molar-refractivity contribution is 6.09. The number of anilines is 2. The number of nitrogens with zero attached hydrogens (tertiary/aromatic N) is 2. The largest absolute Gasteiger partial charge is 0.494 e. The van der Waals surface area contributed by atoms with E-state index in [9.17, 15) is 9.59 Å². The molecule has 172 valence electrons. The van der Waals surface area contributed by atoms with Crippen molar-refractivity contribution in [2.24, 2.45) is 0 Å². The minimum Gasteiger partial charge on any atom is -0.494 e. The molecule has 4 heterocycles. The van der Waals surface area contributed by atoms with Gasteiger partial charge in [0.05, 0.1) is 49.8 Å². The van der Waals surface area contributed by atoms with E-state index < -0.39 is 0 Å². The van der Waals surface area contributed by atoms with Gasteiger partial charge in [0.25, 0.3) is 5.91 Å². The number of H-pyrrole nitrogens is 1. The molecule has 2 aliphatic rings. The van der Waals surface area contributed by atoms with Crippen molar-refractivity contribution in [3.05, 3.63) is 57.0 Å². The lowest BCUT2D eigenvalue weighted by Gasteiger charge is -2.29. The molecule has 2 aliphatic heterocycles. The summed E-state index contributed by atoms with van der Waals surface area (Å²) in [5.74, 6) is 0.848. The summed E-state index contributed by atoms with van der Waals surface area (Å²) in [6.07, 6.45) is -0.113. The Morgan fingerprint density at radius 1 is 1.24 bits per heavy atom. The number of nitrogens with one attached hydrogen (secondary N) is 2. The zero-order chi connectivity index (χ0) is 23.1. The zero-order valence-corrected chi connectivity index (χ0v) is 18.9. The smallest absolute Gasteiger partial charge is 0.259 e. The first-order valence-corrected chi connectivity index (χ1v) is 11.0. The van der Waals surface area contributed by atoms with Crippen LogP contribution in [0.4, 0.5) is 11.5 Å². The van der Waals surface area contributed by atoms with Crippen LogP contribution < -0.4 is 20.5 Å². The Morgan fingerprint density at radius 3 is 2.79 bits per heavy atom. The van der Waals surface area contributed by atoms with Crippen LogP contribution in [-0.2, 0) is 16.1 Å². The fraction of sp³-hybridized carbons (Fsp3) is 0.375. The predicted octanol–water partition coefficient (Wildman–Crippen LogP) is 2.92. The molecule has 0 saturated carbocycles. The average Bonchev–Trinajstić information content (AvgIpc) is 3.18. The van der Waals surface area contributed by atoms with Gasteiger partial charge in [-0.15, -0.1) is 0 Å². The third-order valence-electron chi connectivity index (χ3n) is 6.18. The van der Waals surface area contributed by atoms with Crippen LogP contribution in [0.15, 0.2) is 29.1 Å². The zero-order valence-electron chi connectivity index (χ0n) is 18.9. The fourth-order valence-electron chi connectivity index (χ4n) is 4.42. The van der Waals surface area contributed by atoms with Gasteiger partial charge in [0.2, 0.25) is 5.56 Å². The monoisotopic (exact) mass is 450 g/mol. The number of rotatable bonds is 4. The van der Waals surface area contributed by atoms with E-state index in [-0.39, 0.29) is 17.6 Å². The third kappa shape index (κ3) is 3.94. The van der Waals surface area contributed by atoms with Gasteiger partial charge >= 0.3 is 0 Å². The highest BCUT2D eigenvalue weighted by atomic mass is 16.5. The molecule has 1 atom stereocenters. The maximum Gasteiger partial charge on any atom is 0.259 e. The summed E-state index contributed by atoms with van der Waals surface area (Å²) in [6.45, 7) is 6.76. The Hall–Kier alpha value is -3.43. The number of aryl methyl sites for hydroxylation is 1. The molecule has 1 fully saturated rings. The first-order valence-electron chi connectivity index (χ1n) is 11.0. The van der Waals surface area contributed by atoms with Gasteiger partial charge in [-0.05, 0) is 31.5 Å². The van der Waals surface area contributed by atoms with E-state index in [1.807, 2.05) is 26.0 Å². The molecule has 0 aliphatic carbocycles. The minimum absolute atomic E-state index is 0.113. The topological polar surface area (TPSA) is 106 Å². The van der Waals surface area contributed by atoms with E-state index in [0.29, 0.717) is 61.2 Å². The quantitative estimate of drug-likeness (QED) is 0.630. The van der Waals surface area contributed by atoms with Crippen molar-refractivity contribution in [3.63, 3.8) is 0 Å². The number of hydrogen-bond donors (Lipinski definition) is 2.